The lowest BCUT2D eigenvalue weighted by atomic mass is 10.4. The number of aromatic nitrogens is 2. The molecule has 0 aliphatic rings. The van der Waals surface area contributed by atoms with Gasteiger partial charge < -0.3 is 4.90 Å². The Bertz CT molecular complexity index is 328. The number of anilines is 1. The molecule has 0 amide bonds. The molecule has 0 N–H and O–H groups in total. The summed E-state index contributed by atoms with van der Waals surface area (Å²) in [5.74, 6) is -1.07. The van der Waals surface area contributed by atoms with Gasteiger partial charge in [-0.2, -0.15) is 22.5 Å². The lowest BCUT2D eigenvalue weighted by Crippen LogP contribution is -2.29. The van der Waals surface area contributed by atoms with Crippen molar-refractivity contribution in [1.82, 2.24) is 9.36 Å². The molecule has 8 heteroatoms. The van der Waals surface area contributed by atoms with E-state index in [9.17, 15) is 13.2 Å². The minimum absolute atomic E-state index is 0.0685. The summed E-state index contributed by atoms with van der Waals surface area (Å²) in [7, 11) is 1.69. The molecule has 0 bridgehead atoms. The fourth-order valence-electron chi connectivity index (χ4n) is 0.766. The molecule has 0 aliphatic carbocycles. The maximum absolute atomic E-state index is 12.2. The predicted molar refractivity (Wildman–Crippen MR) is 56.6 cm³/mol. The van der Waals surface area contributed by atoms with Crippen LogP contribution in [0.25, 0.3) is 0 Å². The zero-order valence-electron chi connectivity index (χ0n) is 8.05. The quantitative estimate of drug-likeness (QED) is 0.804. The molecular weight excluding hydrogens is 295 g/mol. The van der Waals surface area contributed by atoms with Gasteiger partial charge in [0.1, 0.15) is 0 Å². The van der Waals surface area contributed by atoms with Gasteiger partial charge in [-0.15, -0.1) is 0 Å². The van der Waals surface area contributed by atoms with Gasteiger partial charge in [0.2, 0.25) is 11.0 Å². The van der Waals surface area contributed by atoms with E-state index in [1.165, 1.54) is 0 Å². The molecule has 0 aliphatic heterocycles. The Hall–Kier alpha value is -0.370. The standard InChI is InChI=1S/C7H9BrF3N3S/c1-4(3-8)14(2)6-12-5(13-15-6)7(9,10)11/h4H,3H2,1-2H3. The second-order valence-electron chi connectivity index (χ2n) is 3.01. The van der Waals surface area contributed by atoms with Gasteiger partial charge in [0, 0.05) is 30.0 Å². The smallest absolute Gasteiger partial charge is 0.346 e. The first-order chi connectivity index (χ1) is 6.86. The summed E-state index contributed by atoms with van der Waals surface area (Å²) in [6, 6.07) is 0.0685. The van der Waals surface area contributed by atoms with Crippen LogP contribution < -0.4 is 4.90 Å². The van der Waals surface area contributed by atoms with Crippen LogP contribution in [0.3, 0.4) is 0 Å². The molecule has 0 spiro atoms. The van der Waals surface area contributed by atoms with E-state index in [0.717, 1.165) is 11.5 Å². The number of hydrogen-bond acceptors (Lipinski definition) is 4. The van der Waals surface area contributed by atoms with E-state index in [1.807, 2.05) is 6.92 Å². The average molecular weight is 304 g/mol. The second kappa shape index (κ2) is 4.65. The zero-order chi connectivity index (χ0) is 11.6. The first-order valence-corrected chi connectivity index (χ1v) is 5.95. The zero-order valence-corrected chi connectivity index (χ0v) is 10.4. The van der Waals surface area contributed by atoms with E-state index in [4.69, 9.17) is 0 Å². The number of halogens is 4. The van der Waals surface area contributed by atoms with Gasteiger partial charge in [0.15, 0.2) is 0 Å². The third-order valence-electron chi connectivity index (χ3n) is 1.86. The molecule has 15 heavy (non-hydrogen) atoms. The van der Waals surface area contributed by atoms with Gasteiger partial charge in [-0.25, -0.2) is 0 Å². The lowest BCUT2D eigenvalue weighted by molar-refractivity contribution is -0.144. The number of hydrogen-bond donors (Lipinski definition) is 0. The van der Waals surface area contributed by atoms with Crippen LogP contribution in [0, 0.1) is 0 Å². The number of alkyl halides is 4. The van der Waals surface area contributed by atoms with Crippen molar-refractivity contribution in [3.63, 3.8) is 0 Å². The molecule has 1 heterocycles. The Labute approximate surface area is 97.6 Å². The molecule has 0 radical (unpaired) electrons. The highest BCUT2D eigenvalue weighted by Crippen LogP contribution is 2.30. The van der Waals surface area contributed by atoms with Crippen molar-refractivity contribution in [2.24, 2.45) is 0 Å². The maximum atomic E-state index is 12.2. The van der Waals surface area contributed by atoms with Crippen LogP contribution in [0.5, 0.6) is 0 Å². The van der Waals surface area contributed by atoms with E-state index >= 15 is 0 Å². The van der Waals surface area contributed by atoms with Crippen LogP contribution in [0.2, 0.25) is 0 Å². The van der Waals surface area contributed by atoms with Crippen LogP contribution in [0.4, 0.5) is 18.3 Å². The third-order valence-corrected chi connectivity index (χ3v) is 3.60. The topological polar surface area (TPSA) is 29.0 Å². The minimum atomic E-state index is -4.47. The largest absolute Gasteiger partial charge is 0.452 e. The SMILES string of the molecule is CC(CBr)N(C)c1nc(C(F)(F)F)ns1. The van der Waals surface area contributed by atoms with Crippen molar-refractivity contribution in [3.05, 3.63) is 5.82 Å². The van der Waals surface area contributed by atoms with E-state index in [1.54, 1.807) is 11.9 Å². The lowest BCUT2D eigenvalue weighted by Gasteiger charge is -2.21. The molecule has 1 aromatic rings. The van der Waals surface area contributed by atoms with Gasteiger partial charge in [0.05, 0.1) is 0 Å². The first kappa shape index (κ1) is 12.7. The molecule has 1 atom stereocenters. The predicted octanol–water partition coefficient (Wildman–Crippen LogP) is 2.78. The molecule has 1 rings (SSSR count). The van der Waals surface area contributed by atoms with E-state index in [0.29, 0.717) is 5.33 Å². The number of nitrogens with zero attached hydrogens (tertiary/aromatic N) is 3. The summed E-state index contributed by atoms with van der Waals surface area (Å²) < 4.78 is 39.9. The second-order valence-corrected chi connectivity index (χ2v) is 4.39. The molecule has 0 aromatic carbocycles. The van der Waals surface area contributed by atoms with Crippen LogP contribution in [0.15, 0.2) is 0 Å². The summed E-state index contributed by atoms with van der Waals surface area (Å²) in [6.45, 7) is 1.88. The van der Waals surface area contributed by atoms with Crippen LogP contribution in [-0.4, -0.2) is 27.8 Å². The normalized spacial score (nSPS) is 14.0. The molecule has 86 valence electrons. The molecule has 0 fully saturated rings. The van der Waals surface area contributed by atoms with Crippen molar-refractivity contribution in [1.29, 1.82) is 0 Å². The Balaban J connectivity index is 2.85. The van der Waals surface area contributed by atoms with Crippen LogP contribution in [-0.2, 0) is 6.18 Å². The van der Waals surface area contributed by atoms with Gasteiger partial charge in [-0.1, -0.05) is 15.9 Å². The third kappa shape index (κ3) is 3.04. The van der Waals surface area contributed by atoms with Crippen molar-refractivity contribution >= 4 is 32.6 Å². The monoisotopic (exact) mass is 303 g/mol. The Morgan fingerprint density at radius 1 is 1.53 bits per heavy atom. The van der Waals surface area contributed by atoms with Crippen molar-refractivity contribution in [2.45, 2.75) is 19.1 Å². The summed E-state index contributed by atoms with van der Waals surface area (Å²) >= 11 is 4.00. The fraction of sp³-hybridized carbons (Fsp3) is 0.714. The maximum Gasteiger partial charge on any atom is 0.452 e. The summed E-state index contributed by atoms with van der Waals surface area (Å²) in [5, 5.41) is 0.930. The first-order valence-electron chi connectivity index (χ1n) is 4.06. The highest BCUT2D eigenvalue weighted by atomic mass is 79.9. The fourth-order valence-corrected chi connectivity index (χ4v) is 1.95. The van der Waals surface area contributed by atoms with Gasteiger partial charge in [-0.3, -0.25) is 0 Å². The van der Waals surface area contributed by atoms with Gasteiger partial charge >= 0.3 is 6.18 Å². The average Bonchev–Trinajstić information content (AvgIpc) is 2.63. The van der Waals surface area contributed by atoms with E-state index < -0.39 is 12.0 Å². The minimum Gasteiger partial charge on any atom is -0.346 e. The molecule has 0 saturated carbocycles. The van der Waals surface area contributed by atoms with E-state index in [-0.39, 0.29) is 11.2 Å². The van der Waals surface area contributed by atoms with E-state index in [2.05, 4.69) is 25.3 Å². The molecular formula is C7H9BrF3N3S. The summed E-state index contributed by atoms with van der Waals surface area (Å²) in [6.07, 6.45) is -4.47. The molecule has 0 saturated heterocycles. The van der Waals surface area contributed by atoms with Crippen LogP contribution >= 0.6 is 27.5 Å². The summed E-state index contributed by atoms with van der Waals surface area (Å²) in [5.41, 5.74) is 0. The molecule has 3 nitrogen and oxygen atoms in total. The van der Waals surface area contributed by atoms with Crippen molar-refractivity contribution < 1.29 is 13.2 Å². The molecule has 1 unspecified atom stereocenters. The number of rotatable bonds is 3. The highest BCUT2D eigenvalue weighted by molar-refractivity contribution is 9.09. The van der Waals surface area contributed by atoms with Crippen molar-refractivity contribution in [2.75, 3.05) is 17.3 Å². The van der Waals surface area contributed by atoms with Gasteiger partial charge in [-0.05, 0) is 6.92 Å². The summed E-state index contributed by atoms with van der Waals surface area (Å²) in [4.78, 5) is 5.09. The Morgan fingerprint density at radius 3 is 2.53 bits per heavy atom. The van der Waals surface area contributed by atoms with Crippen molar-refractivity contribution in [3.8, 4) is 0 Å². The Morgan fingerprint density at radius 2 is 2.13 bits per heavy atom. The van der Waals surface area contributed by atoms with Crippen LogP contribution in [0.1, 0.15) is 12.7 Å². The highest BCUT2D eigenvalue weighted by Gasteiger charge is 2.36. The van der Waals surface area contributed by atoms with Gasteiger partial charge in [0.25, 0.3) is 0 Å². The Kier molecular flexibility index (Phi) is 3.93. The molecule has 1 aromatic heterocycles.